The van der Waals surface area contributed by atoms with Crippen molar-refractivity contribution in [3.8, 4) is 0 Å². The molecule has 0 atom stereocenters. The molecular weight excluding hydrogens is 109 g/mol. The number of aryl methyl sites for hydroxylation is 1. The van der Waals surface area contributed by atoms with Crippen LogP contribution in [0.1, 0.15) is 5.69 Å². The Morgan fingerprint density at radius 2 is 2.38 bits per heavy atom. The topological polar surface area (TPSA) is 54.7 Å². The largest absolute Gasteiger partial charge is 0.382 e. The van der Waals surface area contributed by atoms with Crippen LogP contribution in [-0.4, -0.2) is 10.2 Å². The molecule has 0 bridgehead atoms. The molecule has 0 saturated carbocycles. The van der Waals surface area contributed by atoms with Crippen molar-refractivity contribution >= 4 is 5.82 Å². The highest BCUT2D eigenvalue weighted by Crippen LogP contribution is 2.07. The van der Waals surface area contributed by atoms with Crippen LogP contribution in [0.15, 0.2) is 0 Å². The van der Waals surface area contributed by atoms with E-state index in [1.165, 1.54) is 0 Å². The summed E-state index contributed by atoms with van der Waals surface area (Å²) in [6.45, 7) is 1.54. The van der Waals surface area contributed by atoms with Gasteiger partial charge in [0.1, 0.15) is 0 Å². The average molecular weight is 115 g/mol. The number of H-pyrrole nitrogens is 1. The molecule has 3 N–H and O–H groups in total. The molecule has 8 heavy (non-hydrogen) atoms. The molecule has 1 rings (SSSR count). The third-order valence-corrected chi connectivity index (χ3v) is 0.898. The molecule has 0 radical (unpaired) electrons. The Morgan fingerprint density at radius 1 is 1.75 bits per heavy atom. The van der Waals surface area contributed by atoms with Crippen molar-refractivity contribution in [3.63, 3.8) is 0 Å². The zero-order valence-corrected chi connectivity index (χ0v) is 4.40. The van der Waals surface area contributed by atoms with Gasteiger partial charge in [0, 0.05) is 0 Å². The van der Waals surface area contributed by atoms with Crippen molar-refractivity contribution in [2.75, 3.05) is 5.73 Å². The van der Waals surface area contributed by atoms with Crippen LogP contribution in [0, 0.1) is 12.7 Å². The molecule has 0 saturated heterocycles. The monoisotopic (exact) mass is 115 g/mol. The highest BCUT2D eigenvalue weighted by molar-refractivity contribution is 5.30. The van der Waals surface area contributed by atoms with E-state index in [9.17, 15) is 4.39 Å². The van der Waals surface area contributed by atoms with Gasteiger partial charge in [-0.05, 0) is 6.92 Å². The van der Waals surface area contributed by atoms with Gasteiger partial charge in [-0.25, -0.2) is 4.39 Å². The first kappa shape index (κ1) is 5.08. The summed E-state index contributed by atoms with van der Waals surface area (Å²) in [5.74, 6) is -0.451. The van der Waals surface area contributed by atoms with E-state index in [1.807, 2.05) is 0 Å². The van der Waals surface area contributed by atoms with E-state index in [0.29, 0.717) is 5.69 Å². The van der Waals surface area contributed by atoms with Crippen LogP contribution in [0.4, 0.5) is 10.2 Å². The van der Waals surface area contributed by atoms with Crippen LogP contribution in [-0.2, 0) is 0 Å². The number of rotatable bonds is 0. The van der Waals surface area contributed by atoms with Crippen LogP contribution >= 0.6 is 0 Å². The second kappa shape index (κ2) is 1.47. The molecule has 0 spiro atoms. The standard InChI is InChI=1S/C4H6FN3/c1-2-3(5)4(6)8-7-2/h1H3,(H3,6,7,8). The fourth-order valence-electron chi connectivity index (χ4n) is 0.437. The normalized spacial score (nSPS) is 9.75. The maximum atomic E-state index is 12.3. The number of nitrogen functional groups attached to an aromatic ring is 1. The minimum Gasteiger partial charge on any atom is -0.382 e. The van der Waals surface area contributed by atoms with Gasteiger partial charge in [0.05, 0.1) is 5.69 Å². The van der Waals surface area contributed by atoms with Crippen LogP contribution in [0.2, 0.25) is 0 Å². The number of nitrogens with zero attached hydrogens (tertiary/aromatic N) is 1. The first-order valence-corrected chi connectivity index (χ1v) is 2.17. The Hall–Kier alpha value is -1.06. The molecule has 0 aliphatic carbocycles. The first-order chi connectivity index (χ1) is 3.72. The number of aromatic nitrogens is 2. The van der Waals surface area contributed by atoms with Crippen LogP contribution in [0.3, 0.4) is 0 Å². The Labute approximate surface area is 45.7 Å². The Balaban J connectivity index is 3.19. The summed E-state index contributed by atoms with van der Waals surface area (Å²) in [6.07, 6.45) is 0. The minimum atomic E-state index is -0.454. The number of anilines is 1. The molecule has 0 fully saturated rings. The maximum absolute atomic E-state index is 12.3. The third-order valence-electron chi connectivity index (χ3n) is 0.898. The quantitative estimate of drug-likeness (QED) is 0.515. The molecule has 44 valence electrons. The van der Waals surface area contributed by atoms with E-state index in [1.54, 1.807) is 6.92 Å². The molecule has 1 aromatic heterocycles. The van der Waals surface area contributed by atoms with E-state index in [2.05, 4.69) is 10.2 Å². The van der Waals surface area contributed by atoms with Crippen molar-refractivity contribution < 1.29 is 4.39 Å². The van der Waals surface area contributed by atoms with Crippen LogP contribution in [0.25, 0.3) is 0 Å². The van der Waals surface area contributed by atoms with Gasteiger partial charge in [-0.1, -0.05) is 0 Å². The molecule has 1 aromatic rings. The molecule has 0 aliphatic rings. The average Bonchev–Trinajstić information content (AvgIpc) is 1.98. The molecule has 0 aliphatic heterocycles. The van der Waals surface area contributed by atoms with Gasteiger partial charge >= 0.3 is 0 Å². The van der Waals surface area contributed by atoms with Gasteiger partial charge in [0.15, 0.2) is 11.6 Å². The van der Waals surface area contributed by atoms with Crippen molar-refractivity contribution in [3.05, 3.63) is 11.5 Å². The summed E-state index contributed by atoms with van der Waals surface area (Å²) >= 11 is 0. The Morgan fingerprint density at radius 3 is 2.50 bits per heavy atom. The Bertz CT molecular complexity index is 174. The minimum absolute atomic E-state index is 0.00231. The summed E-state index contributed by atoms with van der Waals surface area (Å²) in [7, 11) is 0. The fourth-order valence-corrected chi connectivity index (χ4v) is 0.437. The lowest BCUT2D eigenvalue weighted by Gasteiger charge is -1.79. The highest BCUT2D eigenvalue weighted by atomic mass is 19.1. The van der Waals surface area contributed by atoms with Gasteiger partial charge < -0.3 is 5.73 Å². The smallest absolute Gasteiger partial charge is 0.187 e. The SMILES string of the molecule is Cc1n[nH]c(N)c1F. The van der Waals surface area contributed by atoms with E-state index in [-0.39, 0.29) is 5.82 Å². The van der Waals surface area contributed by atoms with Gasteiger partial charge in [0.2, 0.25) is 0 Å². The number of aromatic amines is 1. The van der Waals surface area contributed by atoms with E-state index >= 15 is 0 Å². The van der Waals surface area contributed by atoms with Crippen LogP contribution < -0.4 is 5.73 Å². The molecule has 0 amide bonds. The summed E-state index contributed by atoms with van der Waals surface area (Å²) in [6, 6.07) is 0. The summed E-state index contributed by atoms with van der Waals surface area (Å²) in [5, 5.41) is 5.78. The lowest BCUT2D eigenvalue weighted by atomic mass is 10.4. The van der Waals surface area contributed by atoms with Crippen molar-refractivity contribution in [1.29, 1.82) is 0 Å². The predicted octanol–water partition coefficient (Wildman–Crippen LogP) is 0.439. The van der Waals surface area contributed by atoms with Gasteiger partial charge in [-0.15, -0.1) is 0 Å². The van der Waals surface area contributed by atoms with E-state index < -0.39 is 5.82 Å². The van der Waals surface area contributed by atoms with Crippen molar-refractivity contribution in [2.45, 2.75) is 6.92 Å². The highest BCUT2D eigenvalue weighted by Gasteiger charge is 2.02. The Kier molecular flexibility index (Phi) is 0.932. The summed E-state index contributed by atoms with van der Waals surface area (Å²) in [4.78, 5) is 0. The third kappa shape index (κ3) is 0.538. The molecule has 1 heterocycles. The van der Waals surface area contributed by atoms with Crippen molar-refractivity contribution in [2.24, 2.45) is 0 Å². The molecular formula is C4H6FN3. The molecule has 0 aromatic carbocycles. The van der Waals surface area contributed by atoms with Gasteiger partial charge in [0.25, 0.3) is 0 Å². The van der Waals surface area contributed by atoms with Gasteiger partial charge in [-0.2, -0.15) is 5.10 Å². The van der Waals surface area contributed by atoms with Gasteiger partial charge in [-0.3, -0.25) is 5.10 Å². The molecule has 4 heteroatoms. The van der Waals surface area contributed by atoms with Crippen molar-refractivity contribution in [1.82, 2.24) is 10.2 Å². The number of hydrogen-bond acceptors (Lipinski definition) is 2. The van der Waals surface area contributed by atoms with E-state index in [4.69, 9.17) is 5.73 Å². The zero-order chi connectivity index (χ0) is 6.15. The number of nitrogens with two attached hydrogens (primary N) is 1. The number of hydrogen-bond donors (Lipinski definition) is 2. The van der Waals surface area contributed by atoms with Crippen LogP contribution in [0.5, 0.6) is 0 Å². The predicted molar refractivity (Wildman–Crippen MR) is 27.7 cm³/mol. The zero-order valence-electron chi connectivity index (χ0n) is 4.40. The summed E-state index contributed by atoms with van der Waals surface area (Å²) < 4.78 is 12.3. The molecule has 3 nitrogen and oxygen atoms in total. The second-order valence-corrected chi connectivity index (χ2v) is 1.54. The first-order valence-electron chi connectivity index (χ1n) is 2.17. The second-order valence-electron chi connectivity index (χ2n) is 1.54. The number of nitrogens with one attached hydrogen (secondary N) is 1. The molecule has 0 unspecified atom stereocenters. The lowest BCUT2D eigenvalue weighted by molar-refractivity contribution is 0.623. The fraction of sp³-hybridized carbons (Fsp3) is 0.250. The summed E-state index contributed by atoms with van der Waals surface area (Å²) in [5.41, 5.74) is 5.36. The van der Waals surface area contributed by atoms with E-state index in [0.717, 1.165) is 0 Å². The number of halogens is 1. The lowest BCUT2D eigenvalue weighted by Crippen LogP contribution is -1.86. The maximum Gasteiger partial charge on any atom is 0.187 e.